The lowest BCUT2D eigenvalue weighted by molar-refractivity contribution is 0.103. The van der Waals surface area contributed by atoms with E-state index in [2.05, 4.69) is 0 Å². The first-order valence-corrected chi connectivity index (χ1v) is 11.4. The molecule has 2 heterocycles. The van der Waals surface area contributed by atoms with Gasteiger partial charge in [0, 0.05) is 11.5 Å². The van der Waals surface area contributed by atoms with Crippen LogP contribution in [-0.2, 0) is 12.8 Å². The molecule has 0 spiro atoms. The van der Waals surface area contributed by atoms with E-state index in [4.69, 9.17) is 18.3 Å². The highest BCUT2D eigenvalue weighted by Gasteiger charge is 2.23. The van der Waals surface area contributed by atoms with Gasteiger partial charge >= 0.3 is 11.3 Å². The van der Waals surface area contributed by atoms with Crippen LogP contribution in [-0.4, -0.2) is 19.0 Å². The zero-order valence-electron chi connectivity index (χ0n) is 19.7. The summed E-state index contributed by atoms with van der Waals surface area (Å²) in [4.78, 5) is 38.9. The largest absolute Gasteiger partial charge is 0.494 e. The first kappa shape index (κ1) is 23.3. The molecule has 4 rings (SSSR count). The van der Waals surface area contributed by atoms with Crippen LogP contribution in [0.25, 0.3) is 21.9 Å². The first-order chi connectivity index (χ1) is 16.4. The van der Waals surface area contributed by atoms with Gasteiger partial charge in [-0.3, -0.25) is 4.79 Å². The summed E-state index contributed by atoms with van der Waals surface area (Å²) >= 11 is 0. The average Bonchev–Trinajstić information content (AvgIpc) is 2.82. The molecule has 2 aromatic carbocycles. The Morgan fingerprint density at radius 2 is 1.35 bits per heavy atom. The molecule has 0 bridgehead atoms. The van der Waals surface area contributed by atoms with Crippen molar-refractivity contribution in [3.05, 3.63) is 79.5 Å². The van der Waals surface area contributed by atoms with Crippen molar-refractivity contribution in [3.8, 4) is 11.5 Å². The smallest absolute Gasteiger partial charge is 0.347 e. The second-order valence-electron chi connectivity index (χ2n) is 7.80. The van der Waals surface area contributed by atoms with Crippen LogP contribution in [0.3, 0.4) is 0 Å². The maximum Gasteiger partial charge on any atom is 0.347 e. The standard InChI is InChI=1S/C27H26O7/c1-5-15-9-22(32-8-4)19-14-21(27(30)33-23(19)10-15)25(28)20-13-18-16(6-2)11-17(31-7-3)12-24(18)34-26(20)29/h9-14H,5-8H2,1-4H3. The average molecular weight is 462 g/mol. The predicted molar refractivity (Wildman–Crippen MR) is 129 cm³/mol. The number of ether oxygens (including phenoxy) is 2. The van der Waals surface area contributed by atoms with Crippen molar-refractivity contribution in [2.45, 2.75) is 40.5 Å². The van der Waals surface area contributed by atoms with Crippen molar-refractivity contribution in [3.63, 3.8) is 0 Å². The molecule has 0 aliphatic carbocycles. The van der Waals surface area contributed by atoms with E-state index in [0.717, 1.165) is 17.5 Å². The van der Waals surface area contributed by atoms with Crippen LogP contribution in [0.4, 0.5) is 0 Å². The Bertz CT molecular complexity index is 1510. The Kier molecular flexibility index (Phi) is 6.54. The number of hydrogen-bond donors (Lipinski definition) is 0. The quantitative estimate of drug-likeness (QED) is 0.267. The van der Waals surface area contributed by atoms with E-state index < -0.39 is 17.0 Å². The number of benzene rings is 2. The highest BCUT2D eigenvalue weighted by Crippen LogP contribution is 2.29. The molecule has 34 heavy (non-hydrogen) atoms. The molecule has 0 unspecified atom stereocenters. The highest BCUT2D eigenvalue weighted by molar-refractivity contribution is 6.11. The van der Waals surface area contributed by atoms with Crippen LogP contribution >= 0.6 is 0 Å². The third-order valence-electron chi connectivity index (χ3n) is 5.68. The molecular weight excluding hydrogens is 436 g/mol. The van der Waals surface area contributed by atoms with Gasteiger partial charge in [0.05, 0.1) is 18.6 Å². The Morgan fingerprint density at radius 1 is 0.735 bits per heavy atom. The zero-order valence-corrected chi connectivity index (χ0v) is 19.7. The summed E-state index contributed by atoms with van der Waals surface area (Å²) in [5.41, 5.74) is 0.290. The van der Waals surface area contributed by atoms with Crippen LogP contribution in [0.2, 0.25) is 0 Å². The van der Waals surface area contributed by atoms with Gasteiger partial charge in [0.2, 0.25) is 5.78 Å². The van der Waals surface area contributed by atoms with Crippen molar-refractivity contribution in [1.82, 2.24) is 0 Å². The molecule has 0 saturated heterocycles. The van der Waals surface area contributed by atoms with Gasteiger partial charge in [-0.1, -0.05) is 13.8 Å². The molecule has 0 N–H and O–H groups in total. The molecule has 0 saturated carbocycles. The predicted octanol–water partition coefficient (Wildman–Crippen LogP) is 5.05. The molecule has 0 atom stereocenters. The molecular formula is C27H26O7. The summed E-state index contributed by atoms with van der Waals surface area (Å²) in [6.45, 7) is 8.52. The topological polar surface area (TPSA) is 96.0 Å². The van der Waals surface area contributed by atoms with Gasteiger partial charge in [-0.05, 0) is 68.1 Å². The third kappa shape index (κ3) is 4.21. The van der Waals surface area contributed by atoms with Gasteiger partial charge in [0.1, 0.15) is 33.8 Å². The number of fused-ring (bicyclic) bond motifs is 2. The van der Waals surface area contributed by atoms with Gasteiger partial charge < -0.3 is 18.3 Å². The normalized spacial score (nSPS) is 11.2. The van der Waals surface area contributed by atoms with Crippen LogP contribution in [0, 0.1) is 0 Å². The van der Waals surface area contributed by atoms with E-state index in [1.54, 1.807) is 12.1 Å². The summed E-state index contributed by atoms with van der Waals surface area (Å²) < 4.78 is 22.2. The van der Waals surface area contributed by atoms with Gasteiger partial charge in [-0.25, -0.2) is 9.59 Å². The summed E-state index contributed by atoms with van der Waals surface area (Å²) in [6.07, 6.45) is 1.36. The minimum atomic E-state index is -0.834. The Balaban J connectivity index is 1.89. The van der Waals surface area contributed by atoms with Crippen molar-refractivity contribution in [2.24, 2.45) is 0 Å². The van der Waals surface area contributed by atoms with Crippen LogP contribution in [0.1, 0.15) is 54.7 Å². The molecule has 2 aromatic heterocycles. The van der Waals surface area contributed by atoms with Gasteiger partial charge in [0.15, 0.2) is 0 Å². The van der Waals surface area contributed by atoms with Gasteiger partial charge in [-0.2, -0.15) is 0 Å². The summed E-state index contributed by atoms with van der Waals surface area (Å²) in [5.74, 6) is 0.334. The van der Waals surface area contributed by atoms with Crippen LogP contribution in [0.15, 0.2) is 54.8 Å². The van der Waals surface area contributed by atoms with E-state index in [0.29, 0.717) is 53.1 Å². The molecule has 7 heteroatoms. The van der Waals surface area contributed by atoms with Gasteiger partial charge in [0.25, 0.3) is 0 Å². The minimum absolute atomic E-state index is 0.235. The third-order valence-corrected chi connectivity index (χ3v) is 5.68. The Hall–Kier alpha value is -3.87. The number of hydrogen-bond acceptors (Lipinski definition) is 7. The second-order valence-corrected chi connectivity index (χ2v) is 7.80. The fourth-order valence-electron chi connectivity index (χ4n) is 3.99. The zero-order chi connectivity index (χ0) is 24.4. The lowest BCUT2D eigenvalue weighted by Gasteiger charge is -2.11. The van der Waals surface area contributed by atoms with Crippen LogP contribution in [0.5, 0.6) is 11.5 Å². The maximum atomic E-state index is 13.4. The molecule has 0 amide bonds. The molecule has 4 aromatic rings. The lowest BCUT2D eigenvalue weighted by Crippen LogP contribution is -2.21. The lowest BCUT2D eigenvalue weighted by atomic mass is 10.00. The number of carbonyl (C=O) groups excluding carboxylic acids is 1. The number of carbonyl (C=O) groups is 1. The first-order valence-electron chi connectivity index (χ1n) is 11.4. The minimum Gasteiger partial charge on any atom is -0.494 e. The van der Waals surface area contributed by atoms with Crippen molar-refractivity contribution < 1.29 is 23.1 Å². The fraction of sp³-hybridized carbons (Fsp3) is 0.296. The number of ketones is 1. The van der Waals surface area contributed by atoms with Gasteiger partial charge in [-0.15, -0.1) is 0 Å². The van der Waals surface area contributed by atoms with E-state index >= 15 is 0 Å². The van der Waals surface area contributed by atoms with Crippen molar-refractivity contribution in [1.29, 1.82) is 0 Å². The summed E-state index contributed by atoms with van der Waals surface area (Å²) in [5, 5.41) is 1.10. The van der Waals surface area contributed by atoms with E-state index in [9.17, 15) is 14.4 Å². The van der Waals surface area contributed by atoms with E-state index in [1.165, 1.54) is 12.1 Å². The number of aryl methyl sites for hydroxylation is 2. The second kappa shape index (κ2) is 9.55. The molecule has 0 fully saturated rings. The monoisotopic (exact) mass is 462 g/mol. The fourth-order valence-corrected chi connectivity index (χ4v) is 3.99. The molecule has 0 aliphatic heterocycles. The van der Waals surface area contributed by atoms with Crippen LogP contribution < -0.4 is 20.7 Å². The number of rotatable bonds is 8. The SMILES string of the molecule is CCOc1cc(CC)c2cc(C(=O)c3cc4c(OCC)cc(CC)cc4oc3=O)c(=O)oc2c1. The molecule has 0 aliphatic rings. The van der Waals surface area contributed by atoms with Crippen molar-refractivity contribution in [2.75, 3.05) is 13.2 Å². The van der Waals surface area contributed by atoms with Crippen molar-refractivity contribution >= 4 is 27.7 Å². The maximum absolute atomic E-state index is 13.4. The Labute approximate surface area is 195 Å². The Morgan fingerprint density at radius 3 is 1.94 bits per heavy atom. The molecule has 0 radical (unpaired) electrons. The van der Waals surface area contributed by atoms with E-state index in [-0.39, 0.29) is 11.1 Å². The van der Waals surface area contributed by atoms with E-state index in [1.807, 2.05) is 39.8 Å². The summed E-state index contributed by atoms with van der Waals surface area (Å²) in [7, 11) is 0. The molecule has 7 nitrogen and oxygen atoms in total. The summed E-state index contributed by atoms with van der Waals surface area (Å²) in [6, 6.07) is 9.99. The highest BCUT2D eigenvalue weighted by atomic mass is 16.5. The molecule has 176 valence electrons.